The largest absolute Gasteiger partial charge is 0.347 e. The number of hydrogen-bond acceptors (Lipinski definition) is 2. The molecule has 0 aliphatic carbocycles. The van der Waals surface area contributed by atoms with Crippen molar-refractivity contribution in [1.82, 2.24) is 9.97 Å². The fourth-order valence-corrected chi connectivity index (χ4v) is 2.10. The number of aromatic amines is 1. The van der Waals surface area contributed by atoms with Gasteiger partial charge in [0.05, 0.1) is 12.0 Å². The van der Waals surface area contributed by atoms with Gasteiger partial charge in [0.1, 0.15) is 0 Å². The van der Waals surface area contributed by atoms with Gasteiger partial charge >= 0.3 is 0 Å². The molecule has 17 heavy (non-hydrogen) atoms. The lowest BCUT2D eigenvalue weighted by Crippen LogP contribution is -2.06. The molecule has 2 aromatic rings. The van der Waals surface area contributed by atoms with E-state index in [1.807, 2.05) is 37.3 Å². The topological polar surface area (TPSA) is 28.7 Å². The molecular weight excluding hydrogens is 235 g/mol. The fourth-order valence-electron chi connectivity index (χ4n) is 1.94. The second-order valence-corrected chi connectivity index (χ2v) is 4.19. The van der Waals surface area contributed by atoms with Crippen LogP contribution in [0.5, 0.6) is 0 Å². The highest BCUT2D eigenvalue weighted by Gasteiger charge is 2.17. The van der Waals surface area contributed by atoms with E-state index in [4.69, 9.17) is 12.2 Å². The molecule has 1 unspecified atom stereocenters. The molecule has 2 nitrogen and oxygen atoms in total. The van der Waals surface area contributed by atoms with Crippen molar-refractivity contribution >= 4 is 12.2 Å². The van der Waals surface area contributed by atoms with E-state index in [2.05, 4.69) is 9.97 Å². The summed E-state index contributed by atoms with van der Waals surface area (Å²) in [5.41, 5.74) is 1.59. The van der Waals surface area contributed by atoms with Crippen LogP contribution in [-0.2, 0) is 0 Å². The maximum absolute atomic E-state index is 13.9. The number of aromatic nitrogens is 2. The highest BCUT2D eigenvalue weighted by Crippen LogP contribution is 2.27. The molecule has 1 atom stereocenters. The van der Waals surface area contributed by atoms with Gasteiger partial charge in [-0.25, -0.2) is 9.37 Å². The Balaban J connectivity index is 2.50. The summed E-state index contributed by atoms with van der Waals surface area (Å²) in [5.74, 6) is -0.431. The summed E-state index contributed by atoms with van der Waals surface area (Å²) in [7, 11) is 0. The van der Waals surface area contributed by atoms with Crippen molar-refractivity contribution in [3.05, 3.63) is 58.4 Å². The van der Waals surface area contributed by atoms with Gasteiger partial charge in [0.15, 0.2) is 10.5 Å². The molecule has 0 aliphatic rings. The Morgan fingerprint density at radius 1 is 1.35 bits per heavy atom. The molecular formula is C13H13FN2S. The smallest absolute Gasteiger partial charge is 0.179 e. The number of H-pyrrole nitrogens is 1. The van der Waals surface area contributed by atoms with E-state index in [0.717, 1.165) is 12.0 Å². The first-order chi connectivity index (χ1) is 8.24. The van der Waals surface area contributed by atoms with Crippen molar-refractivity contribution in [3.63, 3.8) is 0 Å². The number of halogens is 1. The zero-order valence-electron chi connectivity index (χ0n) is 9.48. The Hall–Kier alpha value is -1.55. The van der Waals surface area contributed by atoms with Crippen molar-refractivity contribution in [2.24, 2.45) is 0 Å². The zero-order valence-corrected chi connectivity index (χ0v) is 10.3. The number of nitrogens with zero attached hydrogens (tertiary/aromatic N) is 1. The average molecular weight is 248 g/mol. The molecule has 4 heteroatoms. The number of nitrogens with one attached hydrogen (secondary N) is 1. The molecule has 0 amide bonds. The molecule has 1 aromatic carbocycles. The van der Waals surface area contributed by atoms with Crippen LogP contribution in [0.2, 0.25) is 0 Å². The molecule has 0 aliphatic heterocycles. The Morgan fingerprint density at radius 2 is 2.06 bits per heavy atom. The minimum Gasteiger partial charge on any atom is -0.347 e. The van der Waals surface area contributed by atoms with Gasteiger partial charge in [0, 0.05) is 5.92 Å². The van der Waals surface area contributed by atoms with Crippen LogP contribution in [0.25, 0.3) is 0 Å². The summed E-state index contributed by atoms with van der Waals surface area (Å²) < 4.78 is 13.9. The van der Waals surface area contributed by atoms with E-state index >= 15 is 0 Å². The Morgan fingerprint density at radius 3 is 2.71 bits per heavy atom. The third-order valence-electron chi connectivity index (χ3n) is 2.78. The van der Waals surface area contributed by atoms with Crippen LogP contribution in [-0.4, -0.2) is 9.97 Å². The summed E-state index contributed by atoms with van der Waals surface area (Å²) in [6.07, 6.45) is 2.25. The third-order valence-corrected chi connectivity index (χ3v) is 3.07. The van der Waals surface area contributed by atoms with E-state index in [1.165, 1.54) is 6.33 Å². The molecule has 0 saturated carbocycles. The van der Waals surface area contributed by atoms with Crippen molar-refractivity contribution in [3.8, 4) is 0 Å². The summed E-state index contributed by atoms with van der Waals surface area (Å²) in [6.45, 7) is 2.02. The lowest BCUT2D eigenvalue weighted by molar-refractivity contribution is 0.565. The predicted octanol–water partition coefficient (Wildman–Crippen LogP) is 3.82. The summed E-state index contributed by atoms with van der Waals surface area (Å²) in [6, 6.07) is 9.83. The standard InChI is InChI=1S/C13H13FN2S/c1-2-10(9-6-4-3-5-7-9)12-11(14)13(17)16-8-15-12/h3-8,10H,2H2,1H3,(H,15,16,17). The summed E-state index contributed by atoms with van der Waals surface area (Å²) in [5, 5.41) is 0. The molecule has 0 bridgehead atoms. The second-order valence-electron chi connectivity index (χ2n) is 3.81. The van der Waals surface area contributed by atoms with E-state index in [0.29, 0.717) is 5.69 Å². The first-order valence-electron chi connectivity index (χ1n) is 5.52. The Labute approximate surface area is 105 Å². The maximum Gasteiger partial charge on any atom is 0.179 e. The highest BCUT2D eigenvalue weighted by atomic mass is 32.1. The summed E-state index contributed by atoms with van der Waals surface area (Å²) in [4.78, 5) is 6.61. The monoisotopic (exact) mass is 248 g/mol. The molecule has 0 radical (unpaired) electrons. The van der Waals surface area contributed by atoms with Gasteiger partial charge in [-0.3, -0.25) is 0 Å². The van der Waals surface area contributed by atoms with Gasteiger partial charge in [-0.15, -0.1) is 0 Å². The molecule has 0 spiro atoms. The molecule has 1 N–H and O–H groups in total. The minimum atomic E-state index is -0.418. The van der Waals surface area contributed by atoms with Crippen LogP contribution >= 0.6 is 12.2 Å². The maximum atomic E-state index is 13.9. The van der Waals surface area contributed by atoms with E-state index in [9.17, 15) is 4.39 Å². The van der Waals surface area contributed by atoms with Crippen molar-refractivity contribution < 1.29 is 4.39 Å². The van der Waals surface area contributed by atoms with E-state index in [1.54, 1.807) is 0 Å². The van der Waals surface area contributed by atoms with Crippen molar-refractivity contribution in [2.75, 3.05) is 0 Å². The summed E-state index contributed by atoms with van der Waals surface area (Å²) >= 11 is 4.85. The predicted molar refractivity (Wildman–Crippen MR) is 68.0 cm³/mol. The Kier molecular flexibility index (Phi) is 3.64. The van der Waals surface area contributed by atoms with E-state index < -0.39 is 5.82 Å². The Bertz CT molecular complexity index is 551. The fraction of sp³-hybridized carbons (Fsp3) is 0.231. The first-order valence-corrected chi connectivity index (χ1v) is 5.93. The number of rotatable bonds is 3. The van der Waals surface area contributed by atoms with Crippen LogP contribution in [0.15, 0.2) is 36.7 Å². The molecule has 1 aromatic heterocycles. The van der Waals surface area contributed by atoms with Gasteiger partial charge in [-0.2, -0.15) is 0 Å². The quantitative estimate of drug-likeness (QED) is 0.836. The molecule has 1 heterocycles. The SMILES string of the molecule is CCC(c1ccccc1)c1[nH]cnc(=S)c1F. The van der Waals surface area contributed by atoms with Crippen LogP contribution in [0.3, 0.4) is 0 Å². The lowest BCUT2D eigenvalue weighted by Gasteiger charge is -2.16. The lowest BCUT2D eigenvalue weighted by atomic mass is 9.93. The van der Waals surface area contributed by atoms with Gasteiger partial charge in [0.25, 0.3) is 0 Å². The molecule has 2 rings (SSSR count). The molecule has 88 valence electrons. The minimum absolute atomic E-state index is 0.0131. The molecule has 0 saturated heterocycles. The first kappa shape index (κ1) is 11.9. The normalized spacial score (nSPS) is 12.4. The molecule has 0 fully saturated rings. The number of benzene rings is 1. The van der Waals surface area contributed by atoms with Gasteiger partial charge in [-0.05, 0) is 12.0 Å². The van der Waals surface area contributed by atoms with Gasteiger partial charge in [0.2, 0.25) is 0 Å². The number of hydrogen-bond donors (Lipinski definition) is 1. The van der Waals surface area contributed by atoms with Gasteiger partial charge in [-0.1, -0.05) is 49.5 Å². The van der Waals surface area contributed by atoms with Crippen LogP contribution < -0.4 is 0 Å². The van der Waals surface area contributed by atoms with E-state index in [-0.39, 0.29) is 10.6 Å². The van der Waals surface area contributed by atoms with Crippen molar-refractivity contribution in [1.29, 1.82) is 0 Å². The second kappa shape index (κ2) is 5.19. The van der Waals surface area contributed by atoms with Crippen LogP contribution in [0.4, 0.5) is 4.39 Å². The van der Waals surface area contributed by atoms with Crippen LogP contribution in [0.1, 0.15) is 30.5 Å². The zero-order chi connectivity index (χ0) is 12.3. The highest BCUT2D eigenvalue weighted by molar-refractivity contribution is 7.71. The van der Waals surface area contributed by atoms with Crippen molar-refractivity contribution in [2.45, 2.75) is 19.3 Å². The van der Waals surface area contributed by atoms with Crippen LogP contribution in [0, 0.1) is 10.5 Å². The third kappa shape index (κ3) is 2.42. The average Bonchev–Trinajstić information content (AvgIpc) is 2.37. The van der Waals surface area contributed by atoms with Gasteiger partial charge < -0.3 is 4.98 Å².